The van der Waals surface area contributed by atoms with Gasteiger partial charge in [-0.3, -0.25) is 4.79 Å². The molecule has 35 heavy (non-hydrogen) atoms. The highest BCUT2D eigenvalue weighted by Gasteiger charge is 2.45. The van der Waals surface area contributed by atoms with Crippen molar-refractivity contribution in [2.75, 3.05) is 19.3 Å². The second kappa shape index (κ2) is 10.2. The molecule has 1 aromatic heterocycles. The van der Waals surface area contributed by atoms with Crippen molar-refractivity contribution in [3.05, 3.63) is 53.0 Å². The average molecular weight is 546 g/mol. The summed E-state index contributed by atoms with van der Waals surface area (Å²) in [5.41, 5.74) is -1.81. The van der Waals surface area contributed by atoms with E-state index in [2.05, 4.69) is 10.3 Å². The maximum atomic E-state index is 15.4. The van der Waals surface area contributed by atoms with E-state index in [4.69, 9.17) is 11.6 Å². The molecule has 0 saturated carbocycles. The minimum absolute atomic E-state index is 0.143. The van der Waals surface area contributed by atoms with Crippen LogP contribution < -0.4 is 5.32 Å². The number of aromatic nitrogens is 1. The first-order valence-corrected chi connectivity index (χ1v) is 14.3. The standard InChI is InChI=1S/C22H25ClFN3O6S2/c1-15(7-12-34(2,30)31)26-21(29)22(24)8-10-27(11-9-22)35(32,33)19-14-25-20(28)13-17(19)16-5-3-4-6-18(16)23/h3-7,12-15H,8-11H2,1-2H3,(H,25,28)(H,26,29)/b12-7-/t15-/m1/s1. The van der Waals surface area contributed by atoms with Gasteiger partial charge in [0.2, 0.25) is 15.9 Å². The number of benzene rings is 1. The number of piperidine rings is 1. The van der Waals surface area contributed by atoms with Gasteiger partial charge in [-0.15, -0.1) is 0 Å². The Hall–Kier alpha value is -2.54. The summed E-state index contributed by atoms with van der Waals surface area (Å²) >= 11 is 6.24. The molecule has 1 fully saturated rings. The molecule has 3 rings (SSSR count). The number of pyridine rings is 1. The van der Waals surface area contributed by atoms with E-state index in [0.29, 0.717) is 5.56 Å². The zero-order valence-electron chi connectivity index (χ0n) is 19.0. The highest BCUT2D eigenvalue weighted by molar-refractivity contribution is 7.93. The van der Waals surface area contributed by atoms with Crippen molar-refractivity contribution < 1.29 is 31.1 Å². The lowest BCUT2D eigenvalue weighted by molar-refractivity contribution is -0.135. The zero-order chi connectivity index (χ0) is 26.0. The van der Waals surface area contributed by atoms with E-state index >= 15 is 4.39 Å². The second-order valence-corrected chi connectivity index (χ2v) is 12.6. The maximum Gasteiger partial charge on any atom is 0.258 e. The first kappa shape index (κ1) is 27.1. The molecule has 0 aliphatic carbocycles. The third kappa shape index (κ3) is 6.37. The van der Waals surface area contributed by atoms with Gasteiger partial charge < -0.3 is 10.4 Å². The van der Waals surface area contributed by atoms with Crippen LogP contribution in [0.4, 0.5) is 4.39 Å². The molecular formula is C22H25ClFN3O6S2. The van der Waals surface area contributed by atoms with Gasteiger partial charge >= 0.3 is 0 Å². The Morgan fingerprint density at radius 3 is 2.46 bits per heavy atom. The fourth-order valence-corrected chi connectivity index (χ4v) is 5.95. The normalized spacial score (nSPS) is 17.8. The van der Waals surface area contributed by atoms with Crippen LogP contribution in [0.15, 0.2) is 52.9 Å². The number of aromatic hydroxyl groups is 1. The predicted molar refractivity (Wildman–Crippen MR) is 130 cm³/mol. The van der Waals surface area contributed by atoms with Crippen LogP contribution in [0.2, 0.25) is 5.02 Å². The maximum absolute atomic E-state index is 15.4. The van der Waals surface area contributed by atoms with Crippen molar-refractivity contribution in [3.8, 4) is 17.0 Å². The molecule has 1 amide bonds. The van der Waals surface area contributed by atoms with Crippen LogP contribution in [-0.4, -0.2) is 68.2 Å². The molecule has 1 saturated heterocycles. The summed E-state index contributed by atoms with van der Waals surface area (Å²) in [6, 6.07) is 6.97. The van der Waals surface area contributed by atoms with Crippen molar-refractivity contribution in [1.29, 1.82) is 0 Å². The first-order chi connectivity index (χ1) is 16.2. The van der Waals surface area contributed by atoms with E-state index in [1.165, 1.54) is 19.1 Å². The average Bonchev–Trinajstić information content (AvgIpc) is 2.77. The van der Waals surface area contributed by atoms with E-state index in [9.17, 15) is 26.7 Å². The van der Waals surface area contributed by atoms with Gasteiger partial charge in [0.15, 0.2) is 15.5 Å². The Morgan fingerprint density at radius 1 is 1.23 bits per heavy atom. The molecule has 1 atom stereocenters. The second-order valence-electron chi connectivity index (χ2n) is 8.31. The molecule has 2 aromatic rings. The molecule has 1 aliphatic rings. The summed E-state index contributed by atoms with van der Waals surface area (Å²) in [5.74, 6) is -1.33. The number of sulfone groups is 1. The minimum atomic E-state index is -4.17. The molecular weight excluding hydrogens is 521 g/mol. The number of hydrogen-bond acceptors (Lipinski definition) is 7. The lowest BCUT2D eigenvalue weighted by Crippen LogP contribution is -2.53. The highest BCUT2D eigenvalue weighted by atomic mass is 35.5. The smallest absolute Gasteiger partial charge is 0.258 e. The molecule has 0 unspecified atom stereocenters. The molecule has 190 valence electrons. The largest absolute Gasteiger partial charge is 0.493 e. The van der Waals surface area contributed by atoms with Crippen LogP contribution in [0.1, 0.15) is 19.8 Å². The monoisotopic (exact) mass is 545 g/mol. The van der Waals surface area contributed by atoms with Gasteiger partial charge in [-0.25, -0.2) is 26.2 Å². The van der Waals surface area contributed by atoms with E-state index in [1.807, 2.05) is 0 Å². The van der Waals surface area contributed by atoms with Crippen LogP contribution in [-0.2, 0) is 24.7 Å². The Kier molecular flexibility index (Phi) is 7.89. The van der Waals surface area contributed by atoms with Crippen molar-refractivity contribution in [2.24, 2.45) is 0 Å². The van der Waals surface area contributed by atoms with E-state index in [1.54, 1.807) is 24.3 Å². The van der Waals surface area contributed by atoms with Gasteiger partial charge in [0.1, 0.15) is 4.90 Å². The number of sulfonamides is 1. The van der Waals surface area contributed by atoms with E-state index in [0.717, 1.165) is 22.2 Å². The third-order valence-electron chi connectivity index (χ3n) is 5.53. The molecule has 0 bridgehead atoms. The fraction of sp³-hybridized carbons (Fsp3) is 0.364. The quantitative estimate of drug-likeness (QED) is 0.546. The minimum Gasteiger partial charge on any atom is -0.493 e. The fourth-order valence-electron chi connectivity index (χ4n) is 3.62. The van der Waals surface area contributed by atoms with Gasteiger partial charge in [0, 0.05) is 65.9 Å². The van der Waals surface area contributed by atoms with Crippen molar-refractivity contribution in [3.63, 3.8) is 0 Å². The SMILES string of the molecule is C[C@H](/C=C\S(C)(=O)=O)NC(=O)C1(F)CCN(S(=O)(=O)c2cnc(O)cc2-c2ccccc2Cl)CC1. The van der Waals surface area contributed by atoms with Gasteiger partial charge in [-0.2, -0.15) is 4.31 Å². The van der Waals surface area contributed by atoms with Crippen LogP contribution in [0, 0.1) is 0 Å². The van der Waals surface area contributed by atoms with Gasteiger partial charge in [0.25, 0.3) is 5.91 Å². The lowest BCUT2D eigenvalue weighted by Gasteiger charge is -2.35. The number of alkyl halides is 1. The lowest BCUT2D eigenvalue weighted by atomic mass is 9.93. The van der Waals surface area contributed by atoms with Crippen LogP contribution in [0.5, 0.6) is 5.88 Å². The van der Waals surface area contributed by atoms with E-state index in [-0.39, 0.29) is 28.6 Å². The van der Waals surface area contributed by atoms with E-state index < -0.39 is 56.2 Å². The molecule has 9 nitrogen and oxygen atoms in total. The van der Waals surface area contributed by atoms with Gasteiger partial charge in [-0.05, 0) is 13.0 Å². The summed E-state index contributed by atoms with van der Waals surface area (Å²) in [6.07, 6.45) is 2.44. The van der Waals surface area contributed by atoms with Gasteiger partial charge in [0.05, 0.1) is 6.20 Å². The summed E-state index contributed by atoms with van der Waals surface area (Å²) in [6.45, 7) is 0.946. The molecule has 0 spiro atoms. The number of hydrogen-bond donors (Lipinski definition) is 2. The Balaban J connectivity index is 1.79. The third-order valence-corrected chi connectivity index (χ3v) is 8.44. The zero-order valence-corrected chi connectivity index (χ0v) is 21.4. The number of rotatable bonds is 7. The number of nitrogens with zero attached hydrogens (tertiary/aromatic N) is 2. The summed E-state index contributed by atoms with van der Waals surface area (Å²) in [5, 5.41) is 13.4. The van der Waals surface area contributed by atoms with Crippen LogP contribution >= 0.6 is 11.6 Å². The summed E-state index contributed by atoms with van der Waals surface area (Å²) in [7, 11) is -7.58. The number of nitrogens with one attached hydrogen (secondary N) is 1. The Labute approximate surface area is 208 Å². The van der Waals surface area contributed by atoms with Crippen LogP contribution in [0.3, 0.4) is 0 Å². The molecule has 1 aromatic carbocycles. The number of amides is 1. The molecule has 2 N–H and O–H groups in total. The number of carbonyl (C=O) groups excluding carboxylic acids is 1. The molecule has 2 heterocycles. The van der Waals surface area contributed by atoms with Crippen molar-refractivity contribution in [1.82, 2.24) is 14.6 Å². The first-order valence-electron chi connectivity index (χ1n) is 10.6. The summed E-state index contributed by atoms with van der Waals surface area (Å²) < 4.78 is 65.7. The molecule has 13 heteroatoms. The van der Waals surface area contributed by atoms with Crippen molar-refractivity contribution in [2.45, 2.75) is 36.4 Å². The van der Waals surface area contributed by atoms with Crippen LogP contribution in [0.25, 0.3) is 11.1 Å². The highest BCUT2D eigenvalue weighted by Crippen LogP contribution is 2.37. The predicted octanol–water partition coefficient (Wildman–Crippen LogP) is 2.66. The number of carbonyl (C=O) groups is 1. The summed E-state index contributed by atoms with van der Waals surface area (Å²) in [4.78, 5) is 16.0. The van der Waals surface area contributed by atoms with Crippen molar-refractivity contribution >= 4 is 37.4 Å². The Morgan fingerprint density at radius 2 is 1.86 bits per heavy atom. The topological polar surface area (TPSA) is 134 Å². The number of halogens is 2. The van der Waals surface area contributed by atoms with Gasteiger partial charge in [-0.1, -0.05) is 35.9 Å². The Bertz CT molecular complexity index is 1360. The molecule has 0 radical (unpaired) electrons. The molecule has 1 aliphatic heterocycles.